The fourth-order valence-corrected chi connectivity index (χ4v) is 4.20. The van der Waals surface area contributed by atoms with Crippen molar-refractivity contribution in [2.24, 2.45) is 16.8 Å². The second-order valence-corrected chi connectivity index (χ2v) is 7.40. The van der Waals surface area contributed by atoms with E-state index in [1.807, 2.05) is 0 Å². The van der Waals surface area contributed by atoms with E-state index in [9.17, 15) is 4.79 Å². The van der Waals surface area contributed by atoms with Crippen LogP contribution in [0.5, 0.6) is 0 Å². The molecular weight excluding hydrogens is 356 g/mol. The van der Waals surface area contributed by atoms with Crippen molar-refractivity contribution >= 4 is 24.5 Å². The van der Waals surface area contributed by atoms with Crippen LogP contribution in [0.2, 0.25) is 0 Å². The second-order valence-electron chi connectivity index (χ2n) is 7.40. The summed E-state index contributed by atoms with van der Waals surface area (Å²) in [5.41, 5.74) is 11.6. The van der Waals surface area contributed by atoms with Gasteiger partial charge >= 0.3 is 6.03 Å². The fraction of sp³-hybridized carbons (Fsp3) is 0.667. The molecule has 1 saturated heterocycles. The van der Waals surface area contributed by atoms with Crippen LogP contribution >= 0.6 is 12.8 Å². The SMILES string of the molecule is CCC1CCN(C)C1.CCc1cc2c(c(NC(N)=O)c1CC)CCC2.NS. The van der Waals surface area contributed by atoms with Gasteiger partial charge in [-0.3, -0.25) is 5.14 Å². The van der Waals surface area contributed by atoms with Gasteiger partial charge in [-0.15, -0.1) is 12.8 Å². The number of rotatable bonds is 4. The Morgan fingerprint density at radius 2 is 1.96 bits per heavy atom. The highest BCUT2D eigenvalue weighted by atomic mass is 32.1. The minimum Gasteiger partial charge on any atom is -0.351 e. The molecule has 0 aromatic heterocycles. The maximum absolute atomic E-state index is 11.1. The molecule has 3 rings (SSSR count). The molecule has 0 radical (unpaired) electrons. The van der Waals surface area contributed by atoms with Gasteiger partial charge in [0.1, 0.15) is 0 Å². The highest BCUT2D eigenvalue weighted by Crippen LogP contribution is 2.35. The highest BCUT2D eigenvalue weighted by molar-refractivity contribution is 7.77. The molecule has 6 heteroatoms. The molecule has 1 atom stereocenters. The lowest BCUT2D eigenvalue weighted by molar-refractivity contribution is 0.259. The number of nitrogens with zero attached hydrogens (tertiary/aromatic N) is 1. The van der Waals surface area contributed by atoms with Crippen LogP contribution in [0.15, 0.2) is 6.07 Å². The van der Waals surface area contributed by atoms with Gasteiger partial charge in [0.05, 0.1) is 0 Å². The lowest BCUT2D eigenvalue weighted by atomic mass is 9.94. The van der Waals surface area contributed by atoms with E-state index in [4.69, 9.17) is 5.73 Å². The lowest BCUT2D eigenvalue weighted by Crippen LogP contribution is -2.21. The Morgan fingerprint density at radius 1 is 1.26 bits per heavy atom. The number of carbonyl (C=O) groups excluding carboxylic acids is 1. The van der Waals surface area contributed by atoms with E-state index < -0.39 is 6.03 Å². The summed E-state index contributed by atoms with van der Waals surface area (Å²) >= 11 is 3.03. The molecule has 1 aliphatic heterocycles. The van der Waals surface area contributed by atoms with E-state index >= 15 is 0 Å². The molecule has 27 heavy (non-hydrogen) atoms. The number of fused-ring (bicyclic) bond motifs is 1. The molecule has 0 saturated carbocycles. The summed E-state index contributed by atoms with van der Waals surface area (Å²) < 4.78 is 0. The Bertz CT molecular complexity index is 606. The van der Waals surface area contributed by atoms with Crippen molar-refractivity contribution in [3.63, 3.8) is 0 Å². The highest BCUT2D eigenvalue weighted by Gasteiger charge is 2.20. The normalized spacial score (nSPS) is 18.1. The predicted octanol–water partition coefficient (Wildman–Crippen LogP) is 3.93. The molecule has 154 valence electrons. The van der Waals surface area contributed by atoms with Crippen LogP contribution in [-0.2, 0) is 25.7 Å². The summed E-state index contributed by atoms with van der Waals surface area (Å²) in [5.74, 6) is 1.000. The number of amides is 2. The molecule has 1 heterocycles. The molecular formula is C21H38N4OS. The largest absolute Gasteiger partial charge is 0.351 e. The summed E-state index contributed by atoms with van der Waals surface area (Å²) in [6.07, 6.45) is 8.09. The van der Waals surface area contributed by atoms with Crippen LogP contribution in [0.4, 0.5) is 10.5 Å². The molecule has 5 nitrogen and oxygen atoms in total. The van der Waals surface area contributed by atoms with E-state index in [0.29, 0.717) is 0 Å². The van der Waals surface area contributed by atoms with Gasteiger partial charge in [0, 0.05) is 12.2 Å². The summed E-state index contributed by atoms with van der Waals surface area (Å²) in [7, 11) is 2.20. The number of primary amides is 1. The zero-order chi connectivity index (χ0) is 20.4. The van der Waals surface area contributed by atoms with Crippen LogP contribution in [0.1, 0.15) is 62.3 Å². The molecule has 2 aliphatic rings. The van der Waals surface area contributed by atoms with E-state index in [-0.39, 0.29) is 0 Å². The minimum atomic E-state index is -0.456. The molecule has 1 aromatic carbocycles. The predicted molar refractivity (Wildman–Crippen MR) is 119 cm³/mol. The zero-order valence-corrected chi connectivity index (χ0v) is 18.4. The Kier molecular flexibility index (Phi) is 10.8. The standard InChI is InChI=1S/C14H20N2O.C7H15N.H3NS/c1-3-9-8-10-6-5-7-12(10)13(11(9)4-2)16-14(15)17;1-3-7-4-5-8(2)6-7;1-2/h8H,3-7H2,1-2H3,(H3,15,16,17);7H,3-6H2,1-2H3;2H,1H2. The van der Waals surface area contributed by atoms with E-state index in [1.54, 1.807) is 0 Å². The Balaban J connectivity index is 0.000000305. The third-order valence-corrected chi connectivity index (χ3v) is 5.65. The summed E-state index contributed by atoms with van der Waals surface area (Å²) in [6.45, 7) is 9.21. The number of nitrogens with two attached hydrogens (primary N) is 2. The number of anilines is 1. The van der Waals surface area contributed by atoms with Crippen molar-refractivity contribution in [3.8, 4) is 0 Å². The minimum absolute atomic E-state index is 0.456. The summed E-state index contributed by atoms with van der Waals surface area (Å²) in [4.78, 5) is 13.6. The Morgan fingerprint density at radius 3 is 2.41 bits per heavy atom. The monoisotopic (exact) mass is 394 g/mol. The van der Waals surface area contributed by atoms with Gasteiger partial charge in [-0.1, -0.05) is 33.3 Å². The number of hydrogen-bond donors (Lipinski definition) is 4. The molecule has 5 N–H and O–H groups in total. The maximum atomic E-state index is 11.1. The number of carbonyl (C=O) groups is 1. The number of nitrogens with one attached hydrogen (secondary N) is 1. The zero-order valence-electron chi connectivity index (χ0n) is 17.5. The molecule has 1 aliphatic carbocycles. The first-order valence-corrected chi connectivity index (χ1v) is 10.7. The third kappa shape index (κ3) is 6.70. The number of thiol groups is 1. The quantitative estimate of drug-likeness (QED) is 0.584. The second kappa shape index (κ2) is 12.3. The number of aryl methyl sites for hydroxylation is 2. The lowest BCUT2D eigenvalue weighted by Gasteiger charge is -2.17. The van der Waals surface area contributed by atoms with E-state index in [1.165, 1.54) is 54.6 Å². The molecule has 1 aromatic rings. The Hall–Kier alpha value is -1.24. The average Bonchev–Trinajstić information content (AvgIpc) is 3.31. The number of likely N-dealkylation sites (tertiary alicyclic amines) is 1. The molecule has 2 amide bonds. The van der Waals surface area contributed by atoms with Crippen molar-refractivity contribution in [3.05, 3.63) is 28.3 Å². The number of urea groups is 1. The number of benzene rings is 1. The number of hydrogen-bond acceptors (Lipinski definition) is 4. The summed E-state index contributed by atoms with van der Waals surface area (Å²) in [5, 5.41) is 7.03. The first-order valence-electron chi connectivity index (χ1n) is 10.2. The molecule has 1 fully saturated rings. The van der Waals surface area contributed by atoms with Gasteiger partial charge in [-0.2, -0.15) is 0 Å². The maximum Gasteiger partial charge on any atom is 0.316 e. The van der Waals surface area contributed by atoms with Crippen LogP contribution in [0, 0.1) is 5.92 Å². The van der Waals surface area contributed by atoms with Crippen molar-refractivity contribution in [2.45, 2.75) is 65.7 Å². The summed E-state index contributed by atoms with van der Waals surface area (Å²) in [6, 6.07) is 1.86. The van der Waals surface area contributed by atoms with Crippen molar-refractivity contribution in [1.82, 2.24) is 4.90 Å². The van der Waals surface area contributed by atoms with Crippen molar-refractivity contribution in [1.29, 1.82) is 0 Å². The van der Waals surface area contributed by atoms with Gasteiger partial charge < -0.3 is 16.0 Å². The molecule has 0 bridgehead atoms. The smallest absolute Gasteiger partial charge is 0.316 e. The average molecular weight is 395 g/mol. The van der Waals surface area contributed by atoms with Gasteiger partial charge in [-0.05, 0) is 80.3 Å². The van der Waals surface area contributed by atoms with Crippen molar-refractivity contribution in [2.75, 3.05) is 25.5 Å². The van der Waals surface area contributed by atoms with Gasteiger partial charge in [0.15, 0.2) is 0 Å². The van der Waals surface area contributed by atoms with Crippen LogP contribution in [0.3, 0.4) is 0 Å². The molecule has 1 unspecified atom stereocenters. The van der Waals surface area contributed by atoms with Crippen LogP contribution in [-0.4, -0.2) is 31.1 Å². The van der Waals surface area contributed by atoms with Crippen molar-refractivity contribution < 1.29 is 4.79 Å². The van der Waals surface area contributed by atoms with Crippen LogP contribution < -0.4 is 16.2 Å². The topological polar surface area (TPSA) is 84.4 Å². The van der Waals surface area contributed by atoms with E-state index in [0.717, 1.165) is 37.3 Å². The van der Waals surface area contributed by atoms with Crippen LogP contribution in [0.25, 0.3) is 0 Å². The Labute approximate surface area is 170 Å². The fourth-order valence-electron chi connectivity index (χ4n) is 4.20. The first-order chi connectivity index (χ1) is 13.0. The van der Waals surface area contributed by atoms with Gasteiger partial charge in [0.25, 0.3) is 0 Å². The van der Waals surface area contributed by atoms with Gasteiger partial charge in [-0.25, -0.2) is 4.79 Å². The third-order valence-electron chi connectivity index (χ3n) is 5.65. The van der Waals surface area contributed by atoms with E-state index in [2.05, 4.69) is 62.1 Å². The first kappa shape index (κ1) is 23.8. The van der Waals surface area contributed by atoms with Gasteiger partial charge in [0.2, 0.25) is 0 Å². The molecule has 0 spiro atoms.